The molecule has 1 saturated heterocycles. The molecule has 1 aliphatic heterocycles. The van der Waals surface area contributed by atoms with Crippen LogP contribution < -0.4 is 10.1 Å². The molecular weight excluding hydrogens is 306 g/mol. The van der Waals surface area contributed by atoms with E-state index in [0.29, 0.717) is 12.5 Å². The van der Waals surface area contributed by atoms with Crippen LogP contribution in [0.1, 0.15) is 11.1 Å². The summed E-state index contributed by atoms with van der Waals surface area (Å²) in [4.78, 5) is 9.00. The van der Waals surface area contributed by atoms with Crippen LogP contribution in [0.5, 0.6) is 5.88 Å². The highest BCUT2D eigenvalue weighted by Crippen LogP contribution is 2.27. The van der Waals surface area contributed by atoms with Crippen molar-refractivity contribution in [2.75, 3.05) is 12.4 Å². The van der Waals surface area contributed by atoms with Crippen LogP contribution in [0.15, 0.2) is 53.7 Å². The summed E-state index contributed by atoms with van der Waals surface area (Å²) >= 11 is 1.85. The van der Waals surface area contributed by atoms with Crippen LogP contribution in [0.2, 0.25) is 0 Å². The van der Waals surface area contributed by atoms with E-state index in [9.17, 15) is 0 Å². The van der Waals surface area contributed by atoms with Crippen LogP contribution in [-0.4, -0.2) is 22.4 Å². The summed E-state index contributed by atoms with van der Waals surface area (Å²) in [6.45, 7) is 1.47. The second-order valence-electron chi connectivity index (χ2n) is 5.41. The normalized spacial score (nSPS) is 16.3. The number of H-pyrrole nitrogens is 1. The van der Waals surface area contributed by atoms with E-state index in [0.717, 1.165) is 28.9 Å². The molecule has 0 bridgehead atoms. The number of thioether (sulfide) groups is 1. The van der Waals surface area contributed by atoms with Crippen molar-refractivity contribution in [1.29, 1.82) is 0 Å². The Bertz CT molecular complexity index is 834. The number of hydrogen-bond donors (Lipinski definition) is 2. The lowest BCUT2D eigenvalue weighted by atomic mass is 10.2. The topological polar surface area (TPSA) is 49.9 Å². The molecule has 2 aromatic heterocycles. The van der Waals surface area contributed by atoms with E-state index >= 15 is 0 Å². The van der Waals surface area contributed by atoms with Gasteiger partial charge >= 0.3 is 0 Å². The van der Waals surface area contributed by atoms with Gasteiger partial charge in [0.1, 0.15) is 6.61 Å². The van der Waals surface area contributed by atoms with Crippen molar-refractivity contribution in [3.63, 3.8) is 0 Å². The Hall–Kier alpha value is -2.24. The standard InChI is InChI=1S/C18H17N3OS/c1-2-4-13(5-3-1)11-22-18-7-16-14(6-15-9-19-12-23-15)8-20-17(16)10-21-18/h1-8,10,19-20H,9,11-12H2. The lowest BCUT2D eigenvalue weighted by Crippen LogP contribution is -2.04. The average molecular weight is 323 g/mol. The lowest BCUT2D eigenvalue weighted by molar-refractivity contribution is 0.294. The fourth-order valence-electron chi connectivity index (χ4n) is 2.59. The quantitative estimate of drug-likeness (QED) is 0.767. The number of pyridine rings is 1. The summed E-state index contributed by atoms with van der Waals surface area (Å²) in [5.74, 6) is 1.64. The zero-order chi connectivity index (χ0) is 15.5. The number of benzene rings is 1. The highest BCUT2D eigenvalue weighted by atomic mass is 32.2. The molecule has 1 fully saturated rings. The van der Waals surface area contributed by atoms with E-state index in [1.54, 1.807) is 0 Å². The highest BCUT2D eigenvalue weighted by molar-refractivity contribution is 8.03. The first-order valence-corrected chi connectivity index (χ1v) is 8.55. The van der Waals surface area contributed by atoms with Crippen molar-refractivity contribution >= 4 is 28.7 Å². The van der Waals surface area contributed by atoms with Gasteiger partial charge in [0.15, 0.2) is 0 Å². The van der Waals surface area contributed by atoms with Crippen LogP contribution in [0.4, 0.5) is 0 Å². The molecule has 3 aromatic rings. The van der Waals surface area contributed by atoms with Gasteiger partial charge in [-0.1, -0.05) is 30.3 Å². The van der Waals surface area contributed by atoms with E-state index in [1.165, 1.54) is 10.5 Å². The van der Waals surface area contributed by atoms with Crippen molar-refractivity contribution in [3.05, 3.63) is 64.8 Å². The number of fused-ring (bicyclic) bond motifs is 1. The minimum atomic E-state index is 0.528. The van der Waals surface area contributed by atoms with Crippen molar-refractivity contribution in [3.8, 4) is 5.88 Å². The Balaban J connectivity index is 1.58. The molecule has 3 heterocycles. The zero-order valence-corrected chi connectivity index (χ0v) is 13.4. The summed E-state index contributed by atoms with van der Waals surface area (Å²) in [6.07, 6.45) is 6.08. The molecule has 0 unspecified atom stereocenters. The molecule has 5 heteroatoms. The fourth-order valence-corrected chi connectivity index (χ4v) is 3.39. The van der Waals surface area contributed by atoms with Gasteiger partial charge in [0.2, 0.25) is 5.88 Å². The summed E-state index contributed by atoms with van der Waals surface area (Å²) in [6, 6.07) is 12.1. The van der Waals surface area contributed by atoms with Gasteiger partial charge in [0.05, 0.1) is 11.7 Å². The third kappa shape index (κ3) is 3.25. The second-order valence-corrected chi connectivity index (χ2v) is 6.51. The fraction of sp³-hybridized carbons (Fsp3) is 0.167. The minimum absolute atomic E-state index is 0.528. The predicted octanol–water partition coefficient (Wildman–Crippen LogP) is 3.78. The number of aromatic amines is 1. The predicted molar refractivity (Wildman–Crippen MR) is 95.3 cm³/mol. The summed E-state index contributed by atoms with van der Waals surface area (Å²) in [5, 5.41) is 4.47. The van der Waals surface area contributed by atoms with Crippen LogP contribution in [-0.2, 0) is 6.61 Å². The van der Waals surface area contributed by atoms with Crippen LogP contribution in [0, 0.1) is 0 Å². The average Bonchev–Trinajstić information content (AvgIpc) is 3.24. The molecule has 0 radical (unpaired) electrons. The van der Waals surface area contributed by atoms with Gasteiger partial charge in [0, 0.05) is 40.5 Å². The maximum Gasteiger partial charge on any atom is 0.214 e. The SMILES string of the molecule is C(=C1CNCS1)c1c[nH]c2cnc(OCc3ccccc3)cc12. The molecule has 2 N–H and O–H groups in total. The van der Waals surface area contributed by atoms with Gasteiger partial charge < -0.3 is 15.0 Å². The van der Waals surface area contributed by atoms with E-state index in [1.807, 2.05) is 48.4 Å². The van der Waals surface area contributed by atoms with E-state index in [-0.39, 0.29) is 0 Å². The molecule has 0 aliphatic carbocycles. The second kappa shape index (κ2) is 6.48. The highest BCUT2D eigenvalue weighted by Gasteiger charge is 2.09. The third-order valence-electron chi connectivity index (χ3n) is 3.78. The molecular formula is C18H17N3OS. The van der Waals surface area contributed by atoms with Crippen molar-refractivity contribution in [1.82, 2.24) is 15.3 Å². The Labute approximate surface area is 139 Å². The van der Waals surface area contributed by atoms with Gasteiger partial charge in [0.25, 0.3) is 0 Å². The van der Waals surface area contributed by atoms with Gasteiger partial charge in [-0.15, -0.1) is 11.8 Å². The molecule has 4 rings (SSSR count). The van der Waals surface area contributed by atoms with Crippen molar-refractivity contribution in [2.45, 2.75) is 6.61 Å². The number of nitrogens with zero attached hydrogens (tertiary/aromatic N) is 1. The molecule has 0 atom stereocenters. The molecule has 0 saturated carbocycles. The number of hydrogen-bond acceptors (Lipinski definition) is 4. The Morgan fingerprint density at radius 3 is 3.00 bits per heavy atom. The minimum Gasteiger partial charge on any atom is -0.473 e. The zero-order valence-electron chi connectivity index (χ0n) is 12.6. The molecule has 23 heavy (non-hydrogen) atoms. The monoisotopic (exact) mass is 323 g/mol. The number of nitrogens with one attached hydrogen (secondary N) is 2. The van der Waals surface area contributed by atoms with Crippen LogP contribution in [0.25, 0.3) is 17.0 Å². The summed E-state index contributed by atoms with van der Waals surface area (Å²) in [7, 11) is 0. The Morgan fingerprint density at radius 1 is 1.26 bits per heavy atom. The number of ether oxygens (including phenoxy) is 1. The molecule has 1 aromatic carbocycles. The molecule has 1 aliphatic rings. The molecule has 116 valence electrons. The number of aromatic nitrogens is 2. The van der Waals surface area contributed by atoms with Gasteiger partial charge in [-0.05, 0) is 11.6 Å². The van der Waals surface area contributed by atoms with Crippen molar-refractivity contribution in [2.24, 2.45) is 0 Å². The van der Waals surface area contributed by atoms with E-state index < -0.39 is 0 Å². The van der Waals surface area contributed by atoms with E-state index in [4.69, 9.17) is 4.74 Å². The molecule has 0 amide bonds. The van der Waals surface area contributed by atoms with Gasteiger partial charge in [-0.25, -0.2) is 4.98 Å². The lowest BCUT2D eigenvalue weighted by Gasteiger charge is -2.05. The first-order chi connectivity index (χ1) is 11.4. The Kier molecular flexibility index (Phi) is 4.05. The van der Waals surface area contributed by atoms with Crippen LogP contribution >= 0.6 is 11.8 Å². The first-order valence-electron chi connectivity index (χ1n) is 7.56. The smallest absolute Gasteiger partial charge is 0.214 e. The van der Waals surface area contributed by atoms with Gasteiger partial charge in [-0.2, -0.15) is 0 Å². The first kappa shape index (κ1) is 14.4. The van der Waals surface area contributed by atoms with Gasteiger partial charge in [-0.3, -0.25) is 0 Å². The summed E-state index contributed by atoms with van der Waals surface area (Å²) in [5.41, 5.74) is 3.34. The van der Waals surface area contributed by atoms with Crippen molar-refractivity contribution < 1.29 is 4.74 Å². The maximum atomic E-state index is 5.83. The number of rotatable bonds is 4. The summed E-state index contributed by atoms with van der Waals surface area (Å²) < 4.78 is 5.83. The van der Waals surface area contributed by atoms with E-state index in [2.05, 4.69) is 33.5 Å². The third-order valence-corrected chi connectivity index (χ3v) is 4.76. The largest absolute Gasteiger partial charge is 0.473 e. The Morgan fingerprint density at radius 2 is 2.17 bits per heavy atom. The molecule has 4 nitrogen and oxygen atoms in total. The molecule has 0 spiro atoms. The maximum absolute atomic E-state index is 5.83. The van der Waals surface area contributed by atoms with Crippen LogP contribution in [0.3, 0.4) is 0 Å².